The van der Waals surface area contributed by atoms with Gasteiger partial charge in [0.2, 0.25) is 5.43 Å². The Hall–Kier alpha value is -4.17. The van der Waals surface area contributed by atoms with Gasteiger partial charge in [-0.1, -0.05) is 30.0 Å². The minimum Gasteiger partial charge on any atom is -0.350 e. The first-order valence-electron chi connectivity index (χ1n) is 10.0. The van der Waals surface area contributed by atoms with Crippen LogP contribution in [0.25, 0.3) is 16.7 Å². The number of aromatic nitrogens is 2. The Morgan fingerprint density at radius 1 is 0.935 bits per heavy atom. The second-order valence-corrected chi connectivity index (χ2v) is 7.41. The lowest BCUT2D eigenvalue weighted by molar-refractivity contribution is 0.0941. The standard InChI is InChI=1S/C26H21N3O2/c1-18(2)28-26(31)23-17-29(25-22(24(23)30)9-6-16-27-25)21-14-12-20(13-15-21)11-10-19-7-4-3-5-8-19/h3-9,12-18H,1-2H3,(H,28,31). The number of amides is 1. The van der Waals surface area contributed by atoms with Gasteiger partial charge in [0, 0.05) is 35.2 Å². The highest BCUT2D eigenvalue weighted by molar-refractivity contribution is 5.97. The molecule has 2 aromatic heterocycles. The molecule has 5 heteroatoms. The molecule has 1 N–H and O–H groups in total. The maximum absolute atomic E-state index is 12.9. The number of nitrogens with zero attached hydrogens (tertiary/aromatic N) is 2. The maximum Gasteiger partial charge on any atom is 0.256 e. The molecular formula is C26H21N3O2. The lowest BCUT2D eigenvalue weighted by atomic mass is 10.1. The van der Waals surface area contributed by atoms with E-state index in [1.807, 2.05) is 68.4 Å². The van der Waals surface area contributed by atoms with E-state index in [1.165, 1.54) is 0 Å². The van der Waals surface area contributed by atoms with Gasteiger partial charge in [-0.25, -0.2) is 4.98 Å². The summed E-state index contributed by atoms with van der Waals surface area (Å²) in [7, 11) is 0. The number of carbonyl (C=O) groups excluding carboxylic acids is 1. The molecular weight excluding hydrogens is 386 g/mol. The predicted octanol–water partition coefficient (Wildman–Crippen LogP) is 3.92. The van der Waals surface area contributed by atoms with Crippen LogP contribution < -0.4 is 10.7 Å². The van der Waals surface area contributed by atoms with Gasteiger partial charge in [-0.3, -0.25) is 9.59 Å². The van der Waals surface area contributed by atoms with Gasteiger partial charge in [0.05, 0.1) is 5.39 Å². The van der Waals surface area contributed by atoms with E-state index in [-0.39, 0.29) is 17.0 Å². The zero-order valence-electron chi connectivity index (χ0n) is 17.3. The van der Waals surface area contributed by atoms with E-state index in [2.05, 4.69) is 22.1 Å². The summed E-state index contributed by atoms with van der Waals surface area (Å²) in [6.45, 7) is 3.71. The van der Waals surface area contributed by atoms with Crippen molar-refractivity contribution >= 4 is 16.9 Å². The monoisotopic (exact) mass is 407 g/mol. The van der Waals surface area contributed by atoms with E-state index < -0.39 is 5.91 Å². The Bertz CT molecular complexity index is 1360. The largest absolute Gasteiger partial charge is 0.350 e. The van der Waals surface area contributed by atoms with Crippen molar-refractivity contribution in [3.8, 4) is 17.5 Å². The third-order valence-electron chi connectivity index (χ3n) is 4.70. The Balaban J connectivity index is 1.77. The van der Waals surface area contributed by atoms with Crippen LogP contribution >= 0.6 is 0 Å². The molecule has 0 saturated heterocycles. The summed E-state index contributed by atoms with van der Waals surface area (Å²) in [4.78, 5) is 29.9. The molecule has 152 valence electrons. The molecule has 0 fully saturated rings. The van der Waals surface area contributed by atoms with Crippen molar-refractivity contribution in [1.29, 1.82) is 0 Å². The maximum atomic E-state index is 12.9. The average Bonchev–Trinajstić information content (AvgIpc) is 2.79. The minimum absolute atomic E-state index is 0.0765. The van der Waals surface area contributed by atoms with Crippen molar-refractivity contribution in [2.75, 3.05) is 0 Å². The van der Waals surface area contributed by atoms with Crippen LogP contribution in [0.1, 0.15) is 35.3 Å². The third-order valence-corrected chi connectivity index (χ3v) is 4.70. The molecule has 0 bridgehead atoms. The Labute approximate surface area is 180 Å². The van der Waals surface area contributed by atoms with E-state index >= 15 is 0 Å². The second-order valence-electron chi connectivity index (χ2n) is 7.41. The number of nitrogens with one attached hydrogen (secondary N) is 1. The highest BCUT2D eigenvalue weighted by Gasteiger charge is 2.17. The molecule has 31 heavy (non-hydrogen) atoms. The Morgan fingerprint density at radius 3 is 2.29 bits per heavy atom. The van der Waals surface area contributed by atoms with Gasteiger partial charge in [-0.05, 0) is 62.4 Å². The Kier molecular flexibility index (Phi) is 5.63. The van der Waals surface area contributed by atoms with Gasteiger partial charge in [-0.15, -0.1) is 0 Å². The van der Waals surface area contributed by atoms with Gasteiger partial charge in [0.15, 0.2) is 0 Å². The van der Waals surface area contributed by atoms with Crippen molar-refractivity contribution in [1.82, 2.24) is 14.9 Å². The SMILES string of the molecule is CC(C)NC(=O)c1cn(-c2ccc(C#Cc3ccccc3)cc2)c2ncccc2c1=O. The number of fused-ring (bicyclic) bond motifs is 1. The van der Waals surface area contributed by atoms with Gasteiger partial charge in [-0.2, -0.15) is 0 Å². The van der Waals surface area contributed by atoms with E-state index in [1.54, 1.807) is 29.1 Å². The zero-order chi connectivity index (χ0) is 21.8. The Morgan fingerprint density at radius 2 is 1.61 bits per heavy atom. The fraction of sp³-hybridized carbons (Fsp3) is 0.115. The van der Waals surface area contributed by atoms with Crippen LogP contribution in [-0.2, 0) is 0 Å². The molecule has 0 saturated carbocycles. The van der Waals surface area contributed by atoms with Crippen LogP contribution in [0.15, 0.2) is 83.9 Å². The number of hydrogen-bond acceptors (Lipinski definition) is 3. The van der Waals surface area contributed by atoms with Crippen LogP contribution in [0.5, 0.6) is 0 Å². The average molecular weight is 407 g/mol. The number of pyridine rings is 2. The predicted molar refractivity (Wildman–Crippen MR) is 122 cm³/mol. The molecule has 0 aliphatic carbocycles. The molecule has 0 atom stereocenters. The molecule has 0 radical (unpaired) electrons. The molecule has 0 spiro atoms. The van der Waals surface area contributed by atoms with Gasteiger partial charge in [0.1, 0.15) is 11.2 Å². The molecule has 2 aromatic carbocycles. The minimum atomic E-state index is -0.398. The molecule has 0 aliphatic heterocycles. The molecule has 4 aromatic rings. The van der Waals surface area contributed by atoms with E-state index in [0.717, 1.165) is 16.8 Å². The number of rotatable bonds is 3. The second kappa shape index (κ2) is 8.68. The lowest BCUT2D eigenvalue weighted by Gasteiger charge is -2.14. The third kappa shape index (κ3) is 4.39. The van der Waals surface area contributed by atoms with Crippen LogP contribution in [0.4, 0.5) is 0 Å². The van der Waals surface area contributed by atoms with Crippen molar-refractivity contribution in [2.45, 2.75) is 19.9 Å². The summed E-state index contributed by atoms with van der Waals surface area (Å²) in [6, 6.07) is 20.7. The summed E-state index contributed by atoms with van der Waals surface area (Å²) in [5.41, 5.74) is 2.85. The smallest absolute Gasteiger partial charge is 0.256 e. The number of benzene rings is 2. The molecule has 0 unspecified atom stereocenters. The van der Waals surface area contributed by atoms with Crippen LogP contribution in [-0.4, -0.2) is 21.5 Å². The molecule has 5 nitrogen and oxygen atoms in total. The van der Waals surface area contributed by atoms with E-state index in [0.29, 0.717) is 11.0 Å². The molecule has 2 heterocycles. The summed E-state index contributed by atoms with van der Waals surface area (Å²) >= 11 is 0. The lowest BCUT2D eigenvalue weighted by Crippen LogP contribution is -2.34. The van der Waals surface area contributed by atoms with Gasteiger partial charge < -0.3 is 9.88 Å². The number of hydrogen-bond donors (Lipinski definition) is 1. The molecule has 0 aliphatic rings. The normalized spacial score (nSPS) is 10.5. The highest BCUT2D eigenvalue weighted by atomic mass is 16.2. The quantitative estimate of drug-likeness (QED) is 0.524. The topological polar surface area (TPSA) is 64.0 Å². The summed E-state index contributed by atoms with van der Waals surface area (Å²) in [5, 5.41) is 3.19. The van der Waals surface area contributed by atoms with Crippen LogP contribution in [0.2, 0.25) is 0 Å². The van der Waals surface area contributed by atoms with Crippen molar-refractivity contribution < 1.29 is 4.79 Å². The summed E-state index contributed by atoms with van der Waals surface area (Å²) in [6.07, 6.45) is 3.19. The van der Waals surface area contributed by atoms with Crippen LogP contribution in [0, 0.1) is 11.8 Å². The van der Waals surface area contributed by atoms with Crippen molar-refractivity contribution in [2.24, 2.45) is 0 Å². The first-order chi connectivity index (χ1) is 15.0. The van der Waals surface area contributed by atoms with E-state index in [9.17, 15) is 9.59 Å². The van der Waals surface area contributed by atoms with E-state index in [4.69, 9.17) is 0 Å². The molecule has 4 rings (SSSR count). The molecule has 1 amide bonds. The summed E-state index contributed by atoms with van der Waals surface area (Å²) in [5.74, 6) is 5.89. The number of carbonyl (C=O) groups is 1. The van der Waals surface area contributed by atoms with Crippen molar-refractivity contribution in [3.63, 3.8) is 0 Å². The van der Waals surface area contributed by atoms with Crippen LogP contribution in [0.3, 0.4) is 0 Å². The zero-order valence-corrected chi connectivity index (χ0v) is 17.3. The van der Waals surface area contributed by atoms with Gasteiger partial charge >= 0.3 is 0 Å². The first kappa shape index (κ1) is 20.1. The highest BCUT2D eigenvalue weighted by Crippen LogP contribution is 2.17. The fourth-order valence-corrected chi connectivity index (χ4v) is 3.23. The fourth-order valence-electron chi connectivity index (χ4n) is 3.23. The van der Waals surface area contributed by atoms with Crippen molar-refractivity contribution in [3.05, 3.63) is 106 Å². The first-order valence-corrected chi connectivity index (χ1v) is 10.0. The van der Waals surface area contributed by atoms with Gasteiger partial charge in [0.25, 0.3) is 5.91 Å². The summed E-state index contributed by atoms with van der Waals surface area (Å²) < 4.78 is 1.76.